The minimum Gasteiger partial charge on any atom is -0.355 e. The van der Waals surface area contributed by atoms with Gasteiger partial charge in [0.15, 0.2) is 0 Å². The highest BCUT2D eigenvalue weighted by atomic mass is 16.2. The standard InChI is InChI=1S/C13H28N2O/c1-4-5-6-7-8-9-10-15-13(16)12(14)11(2)3/h11-12H,4-10,14H2,1-3H3,(H,15,16). The van der Waals surface area contributed by atoms with Gasteiger partial charge in [-0.15, -0.1) is 0 Å². The molecule has 0 rings (SSSR count). The maximum Gasteiger partial charge on any atom is 0.237 e. The highest BCUT2D eigenvalue weighted by Gasteiger charge is 2.15. The molecular weight excluding hydrogens is 200 g/mol. The van der Waals surface area contributed by atoms with Gasteiger partial charge in [0.25, 0.3) is 0 Å². The molecule has 0 aliphatic rings. The van der Waals surface area contributed by atoms with E-state index in [2.05, 4.69) is 12.2 Å². The first-order valence-electron chi connectivity index (χ1n) is 6.62. The fourth-order valence-corrected chi connectivity index (χ4v) is 1.54. The van der Waals surface area contributed by atoms with Gasteiger partial charge in [-0.05, 0) is 12.3 Å². The third-order valence-electron chi connectivity index (χ3n) is 2.85. The summed E-state index contributed by atoms with van der Waals surface area (Å²) in [6, 6.07) is -0.361. The smallest absolute Gasteiger partial charge is 0.237 e. The SMILES string of the molecule is CCCCCCCCNC(=O)C(N)C(C)C. The Morgan fingerprint density at radius 3 is 2.25 bits per heavy atom. The van der Waals surface area contributed by atoms with Gasteiger partial charge in [0.05, 0.1) is 6.04 Å². The molecule has 0 saturated heterocycles. The van der Waals surface area contributed by atoms with Crippen molar-refractivity contribution in [3.8, 4) is 0 Å². The molecule has 0 fully saturated rings. The first kappa shape index (κ1) is 15.4. The Morgan fingerprint density at radius 1 is 1.12 bits per heavy atom. The number of rotatable bonds is 9. The van der Waals surface area contributed by atoms with Crippen molar-refractivity contribution in [2.75, 3.05) is 6.54 Å². The molecule has 16 heavy (non-hydrogen) atoms. The quantitative estimate of drug-likeness (QED) is 0.596. The maximum absolute atomic E-state index is 11.5. The zero-order valence-corrected chi connectivity index (χ0v) is 11.1. The monoisotopic (exact) mass is 228 g/mol. The van der Waals surface area contributed by atoms with Crippen molar-refractivity contribution in [3.63, 3.8) is 0 Å². The predicted molar refractivity (Wildman–Crippen MR) is 69.2 cm³/mol. The second-order valence-electron chi connectivity index (χ2n) is 4.83. The van der Waals surface area contributed by atoms with Gasteiger partial charge in [-0.2, -0.15) is 0 Å². The summed E-state index contributed by atoms with van der Waals surface area (Å²) < 4.78 is 0. The van der Waals surface area contributed by atoms with Crippen molar-refractivity contribution in [1.82, 2.24) is 5.32 Å². The van der Waals surface area contributed by atoms with E-state index in [0.717, 1.165) is 13.0 Å². The highest BCUT2D eigenvalue weighted by molar-refractivity contribution is 5.81. The summed E-state index contributed by atoms with van der Waals surface area (Å²) in [5.41, 5.74) is 5.73. The van der Waals surface area contributed by atoms with Gasteiger partial charge in [0, 0.05) is 6.54 Å². The molecule has 0 spiro atoms. The third kappa shape index (κ3) is 7.69. The largest absolute Gasteiger partial charge is 0.355 e. The van der Waals surface area contributed by atoms with Crippen LogP contribution in [0.4, 0.5) is 0 Å². The predicted octanol–water partition coefficient (Wildman–Crippen LogP) is 2.45. The molecule has 0 aliphatic carbocycles. The van der Waals surface area contributed by atoms with Crippen LogP contribution in [-0.2, 0) is 4.79 Å². The number of nitrogens with two attached hydrogens (primary N) is 1. The van der Waals surface area contributed by atoms with Crippen LogP contribution in [0, 0.1) is 5.92 Å². The van der Waals surface area contributed by atoms with E-state index in [1.807, 2.05) is 13.8 Å². The molecular formula is C13H28N2O. The van der Waals surface area contributed by atoms with Crippen LogP contribution in [0.1, 0.15) is 59.3 Å². The summed E-state index contributed by atoms with van der Waals surface area (Å²) >= 11 is 0. The molecule has 3 nitrogen and oxygen atoms in total. The number of carbonyl (C=O) groups excluding carboxylic acids is 1. The topological polar surface area (TPSA) is 55.1 Å². The van der Waals surface area contributed by atoms with Crippen molar-refractivity contribution in [2.24, 2.45) is 11.7 Å². The second kappa shape index (κ2) is 9.64. The first-order chi connectivity index (χ1) is 7.59. The van der Waals surface area contributed by atoms with Crippen molar-refractivity contribution >= 4 is 5.91 Å². The van der Waals surface area contributed by atoms with Gasteiger partial charge in [0.2, 0.25) is 5.91 Å². The molecule has 1 amide bonds. The van der Waals surface area contributed by atoms with Crippen LogP contribution < -0.4 is 11.1 Å². The lowest BCUT2D eigenvalue weighted by Crippen LogP contribution is -2.44. The molecule has 0 radical (unpaired) electrons. The summed E-state index contributed by atoms with van der Waals surface area (Å²) in [6.45, 7) is 6.92. The van der Waals surface area contributed by atoms with Crippen LogP contribution in [0.2, 0.25) is 0 Å². The Kier molecular flexibility index (Phi) is 9.30. The summed E-state index contributed by atoms with van der Waals surface area (Å²) in [4.78, 5) is 11.5. The molecule has 96 valence electrons. The molecule has 3 N–H and O–H groups in total. The summed E-state index contributed by atoms with van der Waals surface area (Å²) in [5.74, 6) is 0.202. The molecule has 1 atom stereocenters. The van der Waals surface area contributed by atoms with E-state index in [9.17, 15) is 4.79 Å². The number of carbonyl (C=O) groups is 1. The molecule has 0 saturated carbocycles. The molecule has 0 heterocycles. The van der Waals surface area contributed by atoms with Gasteiger partial charge in [-0.25, -0.2) is 0 Å². The molecule has 0 aromatic carbocycles. The van der Waals surface area contributed by atoms with Crippen molar-refractivity contribution in [1.29, 1.82) is 0 Å². The Bertz CT molecular complexity index is 181. The first-order valence-corrected chi connectivity index (χ1v) is 6.62. The van der Waals surface area contributed by atoms with E-state index in [1.165, 1.54) is 32.1 Å². The lowest BCUT2D eigenvalue weighted by Gasteiger charge is -2.15. The highest BCUT2D eigenvalue weighted by Crippen LogP contribution is 2.04. The summed E-state index contributed by atoms with van der Waals surface area (Å²) in [5, 5.41) is 2.89. The van der Waals surface area contributed by atoms with E-state index < -0.39 is 0 Å². The average Bonchev–Trinajstić information content (AvgIpc) is 2.26. The van der Waals surface area contributed by atoms with Crippen LogP contribution in [0.25, 0.3) is 0 Å². The van der Waals surface area contributed by atoms with Gasteiger partial charge in [-0.1, -0.05) is 52.9 Å². The van der Waals surface area contributed by atoms with Crippen molar-refractivity contribution < 1.29 is 4.79 Å². The Morgan fingerprint density at radius 2 is 1.69 bits per heavy atom. The molecule has 0 aliphatic heterocycles. The summed E-state index contributed by atoms with van der Waals surface area (Å²) in [7, 11) is 0. The van der Waals surface area contributed by atoms with Crippen LogP contribution in [0.5, 0.6) is 0 Å². The van der Waals surface area contributed by atoms with E-state index in [4.69, 9.17) is 5.73 Å². The van der Waals surface area contributed by atoms with E-state index in [0.29, 0.717) is 0 Å². The average molecular weight is 228 g/mol. The Labute approximate surface area is 100 Å². The van der Waals surface area contributed by atoms with E-state index in [-0.39, 0.29) is 17.9 Å². The Hall–Kier alpha value is -0.570. The van der Waals surface area contributed by atoms with E-state index in [1.54, 1.807) is 0 Å². The molecule has 0 aromatic heterocycles. The molecule has 1 unspecified atom stereocenters. The van der Waals surface area contributed by atoms with E-state index >= 15 is 0 Å². The lowest BCUT2D eigenvalue weighted by molar-refractivity contribution is -0.123. The van der Waals surface area contributed by atoms with Crippen molar-refractivity contribution in [2.45, 2.75) is 65.3 Å². The zero-order valence-electron chi connectivity index (χ0n) is 11.1. The third-order valence-corrected chi connectivity index (χ3v) is 2.85. The molecule has 3 heteroatoms. The summed E-state index contributed by atoms with van der Waals surface area (Å²) in [6.07, 6.45) is 7.47. The van der Waals surface area contributed by atoms with Gasteiger partial charge >= 0.3 is 0 Å². The maximum atomic E-state index is 11.5. The number of amides is 1. The van der Waals surface area contributed by atoms with Crippen LogP contribution >= 0.6 is 0 Å². The minimum atomic E-state index is -0.361. The number of nitrogens with one attached hydrogen (secondary N) is 1. The number of hydrogen-bond acceptors (Lipinski definition) is 2. The van der Waals surface area contributed by atoms with Crippen molar-refractivity contribution in [3.05, 3.63) is 0 Å². The Balaban J connectivity index is 3.34. The fraction of sp³-hybridized carbons (Fsp3) is 0.923. The van der Waals surface area contributed by atoms with Crippen LogP contribution in [-0.4, -0.2) is 18.5 Å². The van der Waals surface area contributed by atoms with Crippen LogP contribution in [0.3, 0.4) is 0 Å². The number of hydrogen-bond donors (Lipinski definition) is 2. The zero-order chi connectivity index (χ0) is 12.4. The van der Waals surface area contributed by atoms with Gasteiger partial charge in [-0.3, -0.25) is 4.79 Å². The fourth-order valence-electron chi connectivity index (χ4n) is 1.54. The van der Waals surface area contributed by atoms with Gasteiger partial charge in [0.1, 0.15) is 0 Å². The molecule has 0 aromatic rings. The van der Waals surface area contributed by atoms with Gasteiger partial charge < -0.3 is 11.1 Å². The molecule has 0 bridgehead atoms. The van der Waals surface area contributed by atoms with Crippen LogP contribution in [0.15, 0.2) is 0 Å². The second-order valence-corrected chi connectivity index (χ2v) is 4.83. The normalized spacial score (nSPS) is 12.8. The lowest BCUT2D eigenvalue weighted by atomic mass is 10.0. The number of unbranched alkanes of at least 4 members (excludes halogenated alkanes) is 5. The minimum absolute atomic E-state index is 0.0106.